The molecule has 1 rings (SSSR count). The van der Waals surface area contributed by atoms with E-state index in [0.717, 1.165) is 32.1 Å². The monoisotopic (exact) mass is 242 g/mol. The van der Waals surface area contributed by atoms with Gasteiger partial charge in [-0.3, -0.25) is 9.59 Å². The normalized spacial score (nSPS) is 18.3. The first kappa shape index (κ1) is 14.0. The Bertz CT molecular complexity index is 276. The SMILES string of the molecule is CC(C)CC(C(=O)O)(C(=O)O)C1CCCCC1. The molecular weight excluding hydrogens is 220 g/mol. The smallest absolute Gasteiger partial charge is 0.321 e. The summed E-state index contributed by atoms with van der Waals surface area (Å²) in [7, 11) is 0. The zero-order valence-electron chi connectivity index (χ0n) is 10.6. The molecule has 0 aliphatic heterocycles. The molecule has 0 bridgehead atoms. The Balaban J connectivity index is 3.04. The number of carboxylic acid groups (broad SMARTS) is 2. The quantitative estimate of drug-likeness (QED) is 0.727. The number of carbonyl (C=O) groups is 2. The predicted molar refractivity (Wildman–Crippen MR) is 63.7 cm³/mol. The Kier molecular flexibility index (Phi) is 4.54. The minimum atomic E-state index is -1.57. The van der Waals surface area contributed by atoms with Gasteiger partial charge in [0.2, 0.25) is 0 Å². The number of rotatable bonds is 5. The second-order valence-corrected chi connectivity index (χ2v) is 5.51. The Labute approximate surface area is 102 Å². The number of hydrogen-bond donors (Lipinski definition) is 2. The third-order valence-electron chi connectivity index (χ3n) is 3.80. The van der Waals surface area contributed by atoms with Crippen LogP contribution in [0.4, 0.5) is 0 Å². The fraction of sp³-hybridized carbons (Fsp3) is 0.846. The van der Waals surface area contributed by atoms with Gasteiger partial charge in [-0.2, -0.15) is 0 Å². The predicted octanol–water partition coefficient (Wildman–Crippen LogP) is 2.77. The Morgan fingerprint density at radius 2 is 1.59 bits per heavy atom. The summed E-state index contributed by atoms with van der Waals surface area (Å²) in [4.78, 5) is 23.0. The van der Waals surface area contributed by atoms with Crippen molar-refractivity contribution < 1.29 is 19.8 Å². The summed E-state index contributed by atoms with van der Waals surface area (Å²) >= 11 is 0. The van der Waals surface area contributed by atoms with Crippen LogP contribution in [-0.2, 0) is 9.59 Å². The molecule has 0 aromatic rings. The van der Waals surface area contributed by atoms with Gasteiger partial charge in [0.25, 0.3) is 0 Å². The van der Waals surface area contributed by atoms with Crippen LogP contribution in [-0.4, -0.2) is 22.2 Å². The van der Waals surface area contributed by atoms with Crippen molar-refractivity contribution in [2.45, 2.75) is 52.4 Å². The number of carboxylic acids is 2. The lowest BCUT2D eigenvalue weighted by atomic mass is 9.65. The highest BCUT2D eigenvalue weighted by molar-refractivity contribution is 5.98. The van der Waals surface area contributed by atoms with Crippen LogP contribution in [0.2, 0.25) is 0 Å². The highest BCUT2D eigenvalue weighted by atomic mass is 16.4. The average Bonchev–Trinajstić information content (AvgIpc) is 2.25. The lowest BCUT2D eigenvalue weighted by Gasteiger charge is -2.37. The largest absolute Gasteiger partial charge is 0.480 e. The molecule has 0 aromatic carbocycles. The molecule has 0 unspecified atom stereocenters. The molecule has 17 heavy (non-hydrogen) atoms. The van der Waals surface area contributed by atoms with Gasteiger partial charge in [-0.1, -0.05) is 33.1 Å². The Hall–Kier alpha value is -1.06. The van der Waals surface area contributed by atoms with Gasteiger partial charge >= 0.3 is 11.9 Å². The van der Waals surface area contributed by atoms with Crippen LogP contribution in [0.3, 0.4) is 0 Å². The van der Waals surface area contributed by atoms with E-state index < -0.39 is 17.4 Å². The van der Waals surface area contributed by atoms with E-state index in [1.807, 2.05) is 13.8 Å². The maximum atomic E-state index is 11.5. The third kappa shape index (κ3) is 2.79. The summed E-state index contributed by atoms with van der Waals surface area (Å²) in [6, 6.07) is 0. The van der Waals surface area contributed by atoms with Crippen molar-refractivity contribution in [2.24, 2.45) is 17.3 Å². The third-order valence-corrected chi connectivity index (χ3v) is 3.80. The van der Waals surface area contributed by atoms with E-state index in [0.29, 0.717) is 0 Å². The molecule has 0 saturated heterocycles. The van der Waals surface area contributed by atoms with E-state index in [-0.39, 0.29) is 18.3 Å². The standard InChI is InChI=1S/C13H22O4/c1-9(2)8-13(11(14)15,12(16)17)10-6-4-3-5-7-10/h9-10H,3-8H2,1-2H3,(H,14,15)(H,16,17). The van der Waals surface area contributed by atoms with Crippen LogP contribution < -0.4 is 0 Å². The second-order valence-electron chi connectivity index (χ2n) is 5.51. The summed E-state index contributed by atoms with van der Waals surface area (Å²) in [5.74, 6) is -2.46. The fourth-order valence-corrected chi connectivity index (χ4v) is 3.02. The van der Waals surface area contributed by atoms with Crippen molar-refractivity contribution in [1.29, 1.82) is 0 Å². The van der Waals surface area contributed by atoms with Gasteiger partial charge < -0.3 is 10.2 Å². The van der Waals surface area contributed by atoms with Gasteiger partial charge in [-0.15, -0.1) is 0 Å². The first-order valence-corrected chi connectivity index (χ1v) is 6.38. The van der Waals surface area contributed by atoms with Gasteiger partial charge in [-0.05, 0) is 31.1 Å². The molecular formula is C13H22O4. The van der Waals surface area contributed by atoms with Crippen LogP contribution in [0.5, 0.6) is 0 Å². The fourth-order valence-electron chi connectivity index (χ4n) is 3.02. The number of hydrogen-bond acceptors (Lipinski definition) is 2. The molecule has 1 aliphatic carbocycles. The maximum Gasteiger partial charge on any atom is 0.321 e. The van der Waals surface area contributed by atoms with Crippen molar-refractivity contribution in [3.05, 3.63) is 0 Å². The van der Waals surface area contributed by atoms with Crippen LogP contribution >= 0.6 is 0 Å². The van der Waals surface area contributed by atoms with E-state index in [1.54, 1.807) is 0 Å². The molecule has 0 amide bonds. The van der Waals surface area contributed by atoms with E-state index in [4.69, 9.17) is 0 Å². The summed E-state index contributed by atoms with van der Waals surface area (Å²) in [6.45, 7) is 3.76. The van der Waals surface area contributed by atoms with Crippen LogP contribution in [0.1, 0.15) is 52.4 Å². The van der Waals surface area contributed by atoms with Crippen molar-refractivity contribution in [3.63, 3.8) is 0 Å². The minimum Gasteiger partial charge on any atom is -0.480 e. The van der Waals surface area contributed by atoms with E-state index in [1.165, 1.54) is 0 Å². The zero-order valence-corrected chi connectivity index (χ0v) is 10.6. The Morgan fingerprint density at radius 3 is 1.94 bits per heavy atom. The van der Waals surface area contributed by atoms with Crippen LogP contribution in [0.25, 0.3) is 0 Å². The highest BCUT2D eigenvalue weighted by Crippen LogP contribution is 2.43. The average molecular weight is 242 g/mol. The molecule has 0 heterocycles. The van der Waals surface area contributed by atoms with E-state index in [9.17, 15) is 19.8 Å². The second kappa shape index (κ2) is 5.52. The van der Waals surface area contributed by atoms with Gasteiger partial charge in [0.15, 0.2) is 5.41 Å². The lowest BCUT2D eigenvalue weighted by molar-refractivity contribution is -0.172. The molecule has 0 atom stereocenters. The van der Waals surface area contributed by atoms with E-state index in [2.05, 4.69) is 0 Å². The molecule has 98 valence electrons. The molecule has 0 spiro atoms. The highest BCUT2D eigenvalue weighted by Gasteiger charge is 2.52. The molecule has 2 N–H and O–H groups in total. The van der Waals surface area contributed by atoms with Gasteiger partial charge in [0.05, 0.1) is 0 Å². The van der Waals surface area contributed by atoms with Gasteiger partial charge in [-0.25, -0.2) is 0 Å². The van der Waals surface area contributed by atoms with Gasteiger partial charge in [0.1, 0.15) is 0 Å². The summed E-state index contributed by atoms with van der Waals surface area (Å²) in [6.07, 6.45) is 4.67. The molecule has 4 heteroatoms. The molecule has 0 aromatic heterocycles. The first-order chi connectivity index (χ1) is 7.91. The topological polar surface area (TPSA) is 74.6 Å². The number of aliphatic carboxylic acids is 2. The molecule has 0 radical (unpaired) electrons. The summed E-state index contributed by atoms with van der Waals surface area (Å²) in [5.41, 5.74) is -1.57. The maximum absolute atomic E-state index is 11.5. The molecule has 1 saturated carbocycles. The van der Waals surface area contributed by atoms with Crippen molar-refractivity contribution in [3.8, 4) is 0 Å². The summed E-state index contributed by atoms with van der Waals surface area (Å²) in [5, 5.41) is 18.8. The van der Waals surface area contributed by atoms with Crippen LogP contribution in [0.15, 0.2) is 0 Å². The zero-order chi connectivity index (χ0) is 13.1. The minimum absolute atomic E-state index is 0.0733. The van der Waals surface area contributed by atoms with Crippen LogP contribution in [0, 0.1) is 17.3 Å². The molecule has 1 fully saturated rings. The lowest BCUT2D eigenvalue weighted by Crippen LogP contribution is -2.47. The van der Waals surface area contributed by atoms with Crippen molar-refractivity contribution in [2.75, 3.05) is 0 Å². The van der Waals surface area contributed by atoms with Gasteiger partial charge in [0, 0.05) is 0 Å². The van der Waals surface area contributed by atoms with Crippen molar-refractivity contribution in [1.82, 2.24) is 0 Å². The Morgan fingerprint density at radius 1 is 1.12 bits per heavy atom. The summed E-state index contributed by atoms with van der Waals surface area (Å²) < 4.78 is 0. The molecule has 1 aliphatic rings. The molecule has 4 nitrogen and oxygen atoms in total. The first-order valence-electron chi connectivity index (χ1n) is 6.38. The van der Waals surface area contributed by atoms with Crippen molar-refractivity contribution >= 4 is 11.9 Å². The van der Waals surface area contributed by atoms with E-state index >= 15 is 0 Å².